The van der Waals surface area contributed by atoms with Crippen molar-refractivity contribution in [1.82, 2.24) is 29.7 Å². The number of nitrogen functional groups attached to an aromatic ring is 1. The Balaban J connectivity index is 1.74. The Bertz CT molecular complexity index is 894. The number of hydrogen-bond acceptors (Lipinski definition) is 8. The van der Waals surface area contributed by atoms with E-state index < -0.39 is 0 Å². The van der Waals surface area contributed by atoms with Crippen LogP contribution in [0.3, 0.4) is 0 Å². The number of nitrogens with two attached hydrogens (primary N) is 2. The zero-order valence-electron chi connectivity index (χ0n) is 14.8. The molecule has 4 rings (SSSR count). The largest absolute Gasteiger partial charge is 0.368 e. The van der Waals surface area contributed by atoms with Crippen LogP contribution in [0.4, 0.5) is 11.9 Å². The number of nitrogens with one attached hydrogen (secondary N) is 1. The summed E-state index contributed by atoms with van der Waals surface area (Å²) in [6.07, 6.45) is 9.53. The smallest absolute Gasteiger partial charge is 0.224 e. The van der Waals surface area contributed by atoms with Gasteiger partial charge in [0.1, 0.15) is 5.69 Å². The molecule has 1 fully saturated rings. The van der Waals surface area contributed by atoms with Crippen molar-refractivity contribution in [2.75, 3.05) is 18.1 Å². The quantitative estimate of drug-likeness (QED) is 0.641. The minimum atomic E-state index is 0.241. The molecule has 0 saturated heterocycles. The van der Waals surface area contributed by atoms with Crippen LogP contribution in [0.25, 0.3) is 22.3 Å². The molecule has 136 valence electrons. The van der Waals surface area contributed by atoms with Gasteiger partial charge in [0.2, 0.25) is 11.9 Å². The first-order chi connectivity index (χ1) is 12.6. The molecule has 0 amide bonds. The van der Waals surface area contributed by atoms with Gasteiger partial charge in [0.15, 0.2) is 5.65 Å². The Morgan fingerprint density at radius 2 is 1.85 bits per heavy atom. The van der Waals surface area contributed by atoms with Gasteiger partial charge in [-0.25, -0.2) is 19.6 Å². The summed E-state index contributed by atoms with van der Waals surface area (Å²) < 4.78 is 1.98. The monoisotopic (exact) mass is 353 g/mol. The SMILES string of the molecule is CNc1ncc2c(-c3cnc(N)nc3)nn(C[C@H]3CC[C@@H](N)CC3)c2n1. The Morgan fingerprint density at radius 3 is 2.54 bits per heavy atom. The summed E-state index contributed by atoms with van der Waals surface area (Å²) in [7, 11) is 1.80. The van der Waals surface area contributed by atoms with Gasteiger partial charge in [0.25, 0.3) is 0 Å². The van der Waals surface area contributed by atoms with Crippen molar-refractivity contribution in [3.05, 3.63) is 18.6 Å². The summed E-state index contributed by atoms with van der Waals surface area (Å²) in [5, 5.41) is 8.68. The van der Waals surface area contributed by atoms with Crippen molar-refractivity contribution in [2.24, 2.45) is 11.7 Å². The highest BCUT2D eigenvalue weighted by atomic mass is 15.3. The van der Waals surface area contributed by atoms with E-state index >= 15 is 0 Å². The van der Waals surface area contributed by atoms with Gasteiger partial charge in [-0.2, -0.15) is 10.1 Å². The van der Waals surface area contributed by atoms with Crippen LogP contribution in [0.5, 0.6) is 0 Å². The predicted molar refractivity (Wildman–Crippen MR) is 100 cm³/mol. The number of fused-ring (bicyclic) bond motifs is 1. The molecule has 1 aliphatic carbocycles. The fourth-order valence-electron chi connectivity index (χ4n) is 3.50. The topological polar surface area (TPSA) is 133 Å². The molecular weight excluding hydrogens is 330 g/mol. The Labute approximate surface area is 151 Å². The molecule has 9 nitrogen and oxygen atoms in total. The van der Waals surface area contributed by atoms with Gasteiger partial charge in [0.05, 0.1) is 5.39 Å². The summed E-state index contributed by atoms with van der Waals surface area (Å²) >= 11 is 0. The second-order valence-electron chi connectivity index (χ2n) is 6.82. The molecule has 5 N–H and O–H groups in total. The van der Waals surface area contributed by atoms with E-state index in [1.807, 2.05) is 4.68 Å². The average molecular weight is 353 g/mol. The lowest BCUT2D eigenvalue weighted by atomic mass is 9.86. The van der Waals surface area contributed by atoms with E-state index in [2.05, 4.69) is 25.3 Å². The van der Waals surface area contributed by atoms with Crippen molar-refractivity contribution in [3.63, 3.8) is 0 Å². The van der Waals surface area contributed by atoms with Gasteiger partial charge in [-0.05, 0) is 31.6 Å². The van der Waals surface area contributed by atoms with E-state index in [4.69, 9.17) is 16.6 Å². The van der Waals surface area contributed by atoms with Gasteiger partial charge in [-0.3, -0.25) is 0 Å². The van der Waals surface area contributed by atoms with E-state index in [1.165, 1.54) is 0 Å². The zero-order chi connectivity index (χ0) is 18.1. The number of anilines is 2. The lowest BCUT2D eigenvalue weighted by Gasteiger charge is -2.25. The first-order valence-corrected chi connectivity index (χ1v) is 8.89. The second kappa shape index (κ2) is 6.83. The molecule has 0 unspecified atom stereocenters. The van der Waals surface area contributed by atoms with Crippen LogP contribution < -0.4 is 16.8 Å². The van der Waals surface area contributed by atoms with Gasteiger partial charge in [0, 0.05) is 43.8 Å². The van der Waals surface area contributed by atoms with Crippen molar-refractivity contribution in [1.29, 1.82) is 0 Å². The molecule has 1 aliphatic rings. The van der Waals surface area contributed by atoms with Gasteiger partial charge < -0.3 is 16.8 Å². The van der Waals surface area contributed by atoms with Crippen LogP contribution in [-0.2, 0) is 6.54 Å². The van der Waals surface area contributed by atoms with Gasteiger partial charge >= 0.3 is 0 Å². The summed E-state index contributed by atoms with van der Waals surface area (Å²) in [6.45, 7) is 0.819. The maximum atomic E-state index is 6.04. The van der Waals surface area contributed by atoms with E-state index in [-0.39, 0.29) is 5.95 Å². The second-order valence-corrected chi connectivity index (χ2v) is 6.82. The van der Waals surface area contributed by atoms with Crippen LogP contribution in [0.1, 0.15) is 25.7 Å². The molecule has 26 heavy (non-hydrogen) atoms. The lowest BCUT2D eigenvalue weighted by Crippen LogP contribution is -2.28. The summed E-state index contributed by atoms with van der Waals surface area (Å²) in [6, 6.07) is 0.335. The minimum Gasteiger partial charge on any atom is -0.368 e. The van der Waals surface area contributed by atoms with Gasteiger partial charge in [-0.15, -0.1) is 0 Å². The molecule has 3 heterocycles. The van der Waals surface area contributed by atoms with Crippen LogP contribution in [0.2, 0.25) is 0 Å². The molecule has 0 radical (unpaired) electrons. The molecule has 0 aliphatic heterocycles. The molecular formula is C17H23N9. The highest BCUT2D eigenvalue weighted by Gasteiger charge is 2.22. The van der Waals surface area contributed by atoms with Crippen LogP contribution in [0, 0.1) is 5.92 Å². The fraction of sp³-hybridized carbons (Fsp3) is 0.471. The zero-order valence-corrected chi connectivity index (χ0v) is 14.8. The molecule has 3 aromatic heterocycles. The summed E-state index contributed by atoms with van der Waals surface area (Å²) in [5.41, 5.74) is 14.0. The molecule has 1 saturated carbocycles. The van der Waals surface area contributed by atoms with E-state index in [1.54, 1.807) is 25.6 Å². The molecule has 0 aromatic carbocycles. The molecule has 0 bridgehead atoms. The highest BCUT2D eigenvalue weighted by Crippen LogP contribution is 2.30. The first kappa shape index (κ1) is 16.6. The average Bonchev–Trinajstić information content (AvgIpc) is 3.02. The standard InChI is InChI=1S/C17H23N9/c1-20-17-23-8-13-14(11-6-21-16(19)22-7-11)25-26(15(13)24-17)9-10-2-4-12(18)5-3-10/h6-8,10,12H,2-5,9,18H2,1H3,(H2,19,21,22)(H,20,23,24)/t10-,12+. The number of nitrogens with zero attached hydrogens (tertiary/aromatic N) is 6. The molecule has 0 atom stereocenters. The van der Waals surface area contributed by atoms with Crippen molar-refractivity contribution in [3.8, 4) is 11.3 Å². The maximum Gasteiger partial charge on any atom is 0.224 e. The van der Waals surface area contributed by atoms with Crippen molar-refractivity contribution < 1.29 is 0 Å². The third kappa shape index (κ3) is 3.17. The summed E-state index contributed by atoms with van der Waals surface area (Å²) in [4.78, 5) is 17.1. The summed E-state index contributed by atoms with van der Waals surface area (Å²) in [5.74, 6) is 1.37. The van der Waals surface area contributed by atoms with Gasteiger partial charge in [-0.1, -0.05) is 0 Å². The number of hydrogen-bond donors (Lipinski definition) is 3. The highest BCUT2D eigenvalue weighted by molar-refractivity contribution is 5.90. The number of rotatable bonds is 4. The first-order valence-electron chi connectivity index (χ1n) is 8.89. The van der Waals surface area contributed by atoms with E-state index in [0.29, 0.717) is 17.9 Å². The predicted octanol–water partition coefficient (Wildman–Crippen LogP) is 1.42. The molecule has 3 aromatic rings. The Morgan fingerprint density at radius 1 is 1.12 bits per heavy atom. The van der Waals surface area contributed by atoms with Crippen molar-refractivity contribution >= 4 is 22.9 Å². The maximum absolute atomic E-state index is 6.04. The van der Waals surface area contributed by atoms with Crippen LogP contribution in [0.15, 0.2) is 18.6 Å². The van der Waals surface area contributed by atoms with Crippen molar-refractivity contribution in [2.45, 2.75) is 38.3 Å². The van der Waals surface area contributed by atoms with E-state index in [9.17, 15) is 0 Å². The van der Waals surface area contributed by atoms with Crippen LogP contribution in [-0.4, -0.2) is 42.8 Å². The third-order valence-corrected chi connectivity index (χ3v) is 4.98. The van der Waals surface area contributed by atoms with E-state index in [0.717, 1.165) is 54.5 Å². The minimum absolute atomic E-state index is 0.241. The Kier molecular flexibility index (Phi) is 4.37. The fourth-order valence-corrected chi connectivity index (χ4v) is 3.50. The van der Waals surface area contributed by atoms with Crippen LogP contribution >= 0.6 is 0 Å². The Hall–Kier alpha value is -2.81. The lowest BCUT2D eigenvalue weighted by molar-refractivity contribution is 0.288. The molecule has 9 heteroatoms. The normalized spacial score (nSPS) is 20.4. The third-order valence-electron chi connectivity index (χ3n) is 4.98. The number of aromatic nitrogens is 6. The molecule has 0 spiro atoms.